The standard InChI is InChI=1S/C27H24O/c1-3-27(4-2)24-12-8-7-11-22(24)23-16-14-19(17-25(23)27)21-15-13-18-9-5-6-10-20(18)26(21)28/h5-17,28H,3-4H2,1-2H3. The molecule has 0 unspecified atom stereocenters. The predicted molar refractivity (Wildman–Crippen MR) is 118 cm³/mol. The molecule has 1 aliphatic carbocycles. The summed E-state index contributed by atoms with van der Waals surface area (Å²) in [4.78, 5) is 0. The molecule has 0 amide bonds. The summed E-state index contributed by atoms with van der Waals surface area (Å²) < 4.78 is 0. The highest BCUT2D eigenvalue weighted by molar-refractivity contribution is 5.95. The maximum absolute atomic E-state index is 11.0. The van der Waals surface area contributed by atoms with Crippen molar-refractivity contribution in [2.45, 2.75) is 32.1 Å². The summed E-state index contributed by atoms with van der Waals surface area (Å²) in [5, 5.41) is 12.9. The average Bonchev–Trinajstić information content (AvgIpc) is 3.04. The number of fused-ring (bicyclic) bond motifs is 4. The molecule has 0 aliphatic heterocycles. The highest BCUT2D eigenvalue weighted by Crippen LogP contribution is 2.53. The molecule has 138 valence electrons. The lowest BCUT2D eigenvalue weighted by molar-refractivity contribution is 0.483. The Balaban J connectivity index is 1.75. The van der Waals surface area contributed by atoms with Crippen molar-refractivity contribution in [2.75, 3.05) is 0 Å². The Morgan fingerprint density at radius 1 is 0.679 bits per heavy atom. The molecule has 0 heterocycles. The molecule has 0 fully saturated rings. The van der Waals surface area contributed by atoms with E-state index in [1.165, 1.54) is 22.3 Å². The zero-order valence-electron chi connectivity index (χ0n) is 16.4. The van der Waals surface area contributed by atoms with E-state index >= 15 is 0 Å². The topological polar surface area (TPSA) is 20.2 Å². The summed E-state index contributed by atoms with van der Waals surface area (Å²) in [6.45, 7) is 4.57. The van der Waals surface area contributed by atoms with Crippen LogP contribution in [0.2, 0.25) is 0 Å². The van der Waals surface area contributed by atoms with Crippen molar-refractivity contribution in [3.63, 3.8) is 0 Å². The van der Waals surface area contributed by atoms with E-state index in [-0.39, 0.29) is 5.41 Å². The highest BCUT2D eigenvalue weighted by Gasteiger charge is 2.40. The van der Waals surface area contributed by atoms with Crippen LogP contribution < -0.4 is 0 Å². The molecule has 0 aromatic heterocycles. The molecule has 0 bridgehead atoms. The van der Waals surface area contributed by atoms with Gasteiger partial charge in [-0.2, -0.15) is 0 Å². The van der Waals surface area contributed by atoms with Crippen LogP contribution in [-0.4, -0.2) is 5.11 Å². The van der Waals surface area contributed by atoms with Gasteiger partial charge in [-0.25, -0.2) is 0 Å². The monoisotopic (exact) mass is 364 g/mol. The van der Waals surface area contributed by atoms with Crippen LogP contribution in [0.1, 0.15) is 37.8 Å². The minimum Gasteiger partial charge on any atom is -0.507 e. The van der Waals surface area contributed by atoms with E-state index in [0.29, 0.717) is 5.75 Å². The largest absolute Gasteiger partial charge is 0.507 e. The highest BCUT2D eigenvalue weighted by atomic mass is 16.3. The van der Waals surface area contributed by atoms with Gasteiger partial charge in [0.1, 0.15) is 5.75 Å². The average molecular weight is 364 g/mol. The Bertz CT molecular complexity index is 1200. The maximum Gasteiger partial charge on any atom is 0.131 e. The van der Waals surface area contributed by atoms with Gasteiger partial charge in [-0.05, 0) is 52.1 Å². The van der Waals surface area contributed by atoms with Crippen LogP contribution in [0.15, 0.2) is 78.9 Å². The van der Waals surface area contributed by atoms with Crippen molar-refractivity contribution in [1.29, 1.82) is 0 Å². The van der Waals surface area contributed by atoms with Crippen molar-refractivity contribution < 1.29 is 5.11 Å². The molecule has 1 heteroatoms. The predicted octanol–water partition coefficient (Wildman–Crippen LogP) is 7.30. The molecule has 28 heavy (non-hydrogen) atoms. The maximum atomic E-state index is 11.0. The number of hydrogen-bond donors (Lipinski definition) is 1. The first-order chi connectivity index (χ1) is 13.7. The fraction of sp³-hybridized carbons (Fsp3) is 0.185. The second-order valence-corrected chi connectivity index (χ2v) is 7.78. The Morgan fingerprint density at radius 3 is 2.18 bits per heavy atom. The zero-order chi connectivity index (χ0) is 19.3. The lowest BCUT2D eigenvalue weighted by Gasteiger charge is -2.30. The van der Waals surface area contributed by atoms with Crippen LogP contribution in [0.25, 0.3) is 33.0 Å². The van der Waals surface area contributed by atoms with Gasteiger partial charge in [0.25, 0.3) is 0 Å². The number of phenolic OH excluding ortho intramolecular Hbond substituents is 1. The van der Waals surface area contributed by atoms with Crippen molar-refractivity contribution in [2.24, 2.45) is 0 Å². The summed E-state index contributed by atoms with van der Waals surface area (Å²) >= 11 is 0. The van der Waals surface area contributed by atoms with Crippen LogP contribution >= 0.6 is 0 Å². The molecule has 0 atom stereocenters. The van der Waals surface area contributed by atoms with Crippen LogP contribution in [-0.2, 0) is 5.41 Å². The van der Waals surface area contributed by atoms with E-state index in [0.717, 1.165) is 34.7 Å². The second kappa shape index (κ2) is 6.24. The normalized spacial score (nSPS) is 14.1. The number of benzene rings is 4. The minimum absolute atomic E-state index is 0.0500. The Morgan fingerprint density at radius 2 is 1.36 bits per heavy atom. The molecule has 0 saturated heterocycles. The molecule has 4 aromatic carbocycles. The first-order valence-electron chi connectivity index (χ1n) is 10.1. The molecule has 0 spiro atoms. The van der Waals surface area contributed by atoms with Crippen LogP contribution in [0.4, 0.5) is 0 Å². The SMILES string of the molecule is CCC1(CC)c2ccccc2-c2ccc(-c3ccc4ccccc4c3O)cc21. The van der Waals surface area contributed by atoms with E-state index in [9.17, 15) is 5.11 Å². The van der Waals surface area contributed by atoms with Gasteiger partial charge in [0, 0.05) is 16.4 Å². The van der Waals surface area contributed by atoms with E-state index < -0.39 is 0 Å². The molecular weight excluding hydrogens is 340 g/mol. The van der Waals surface area contributed by atoms with Crippen LogP contribution in [0.5, 0.6) is 5.75 Å². The van der Waals surface area contributed by atoms with Gasteiger partial charge in [-0.1, -0.05) is 86.6 Å². The summed E-state index contributed by atoms with van der Waals surface area (Å²) in [6.07, 6.45) is 2.14. The van der Waals surface area contributed by atoms with Crippen LogP contribution in [0.3, 0.4) is 0 Å². The number of hydrogen-bond acceptors (Lipinski definition) is 1. The van der Waals surface area contributed by atoms with E-state index in [2.05, 4.69) is 62.4 Å². The van der Waals surface area contributed by atoms with Gasteiger partial charge >= 0.3 is 0 Å². The Labute approximate surface area is 166 Å². The summed E-state index contributed by atoms with van der Waals surface area (Å²) in [5.41, 5.74) is 7.56. The van der Waals surface area contributed by atoms with E-state index in [4.69, 9.17) is 0 Å². The van der Waals surface area contributed by atoms with Gasteiger partial charge < -0.3 is 5.11 Å². The molecule has 1 aliphatic rings. The zero-order valence-corrected chi connectivity index (χ0v) is 16.4. The summed E-state index contributed by atoms with van der Waals surface area (Å²) in [6, 6.07) is 27.7. The Kier molecular flexibility index (Phi) is 3.80. The minimum atomic E-state index is 0.0500. The molecule has 5 rings (SSSR count). The van der Waals surface area contributed by atoms with E-state index in [1.54, 1.807) is 0 Å². The number of aromatic hydroxyl groups is 1. The molecular formula is C27H24O. The molecule has 0 radical (unpaired) electrons. The molecule has 1 N–H and O–H groups in total. The van der Waals surface area contributed by atoms with Gasteiger partial charge in [0.05, 0.1) is 0 Å². The summed E-state index contributed by atoms with van der Waals surface area (Å²) in [7, 11) is 0. The molecule has 1 nitrogen and oxygen atoms in total. The van der Waals surface area contributed by atoms with Crippen molar-refractivity contribution >= 4 is 10.8 Å². The lowest BCUT2D eigenvalue weighted by Crippen LogP contribution is -2.23. The first kappa shape index (κ1) is 17.1. The summed E-state index contributed by atoms with van der Waals surface area (Å²) in [5.74, 6) is 0.368. The van der Waals surface area contributed by atoms with Gasteiger partial charge in [-0.15, -0.1) is 0 Å². The fourth-order valence-electron chi connectivity index (χ4n) is 5.12. The second-order valence-electron chi connectivity index (χ2n) is 7.78. The van der Waals surface area contributed by atoms with Crippen molar-refractivity contribution in [3.8, 4) is 28.0 Å². The quantitative estimate of drug-likeness (QED) is 0.404. The van der Waals surface area contributed by atoms with Crippen molar-refractivity contribution in [3.05, 3.63) is 90.0 Å². The molecule has 4 aromatic rings. The molecule has 0 saturated carbocycles. The third kappa shape index (κ3) is 2.19. The third-order valence-electron chi connectivity index (χ3n) is 6.69. The lowest BCUT2D eigenvalue weighted by atomic mass is 9.73. The van der Waals surface area contributed by atoms with Gasteiger partial charge in [-0.3, -0.25) is 0 Å². The Hall–Kier alpha value is -3.06. The smallest absolute Gasteiger partial charge is 0.131 e. The van der Waals surface area contributed by atoms with E-state index in [1.807, 2.05) is 30.3 Å². The fourth-order valence-corrected chi connectivity index (χ4v) is 5.12. The van der Waals surface area contributed by atoms with Crippen molar-refractivity contribution in [1.82, 2.24) is 0 Å². The van der Waals surface area contributed by atoms with Crippen LogP contribution in [0, 0.1) is 0 Å². The number of rotatable bonds is 3. The first-order valence-corrected chi connectivity index (χ1v) is 10.1. The third-order valence-corrected chi connectivity index (χ3v) is 6.69. The van der Waals surface area contributed by atoms with Gasteiger partial charge in [0.15, 0.2) is 0 Å². The van der Waals surface area contributed by atoms with Gasteiger partial charge in [0.2, 0.25) is 0 Å². The number of phenols is 1.